The third kappa shape index (κ3) is 7.52. The summed E-state index contributed by atoms with van der Waals surface area (Å²) >= 11 is 1.92. The number of rotatable bonds is 5. The van der Waals surface area contributed by atoms with E-state index in [1.165, 1.54) is 18.2 Å². The number of hydrogen-bond donors (Lipinski definition) is 2. The molecule has 9 heteroatoms. The summed E-state index contributed by atoms with van der Waals surface area (Å²) < 4.78 is 14.0. The fourth-order valence-corrected chi connectivity index (χ4v) is 4.87. The Morgan fingerprint density at radius 1 is 1.29 bits per heavy atom. The Morgan fingerprint density at radius 3 is 2.65 bits per heavy atom. The number of hydrogen-bond acceptors (Lipinski definition) is 4. The summed E-state index contributed by atoms with van der Waals surface area (Å²) in [5.41, 5.74) is 0.829. The predicted octanol–water partition coefficient (Wildman–Crippen LogP) is 3.50. The van der Waals surface area contributed by atoms with Gasteiger partial charge in [-0.25, -0.2) is 9.38 Å². The van der Waals surface area contributed by atoms with Crippen LogP contribution in [0.5, 0.6) is 0 Å². The maximum Gasteiger partial charge on any atom is 0.225 e. The quantitative estimate of drug-likeness (QED) is 0.328. The molecule has 1 saturated carbocycles. The number of guanidine groups is 1. The van der Waals surface area contributed by atoms with Gasteiger partial charge in [0.05, 0.1) is 18.2 Å². The van der Waals surface area contributed by atoms with Crippen LogP contribution in [0, 0.1) is 23.1 Å². The van der Waals surface area contributed by atoms with Crippen LogP contribution in [-0.4, -0.2) is 53.9 Å². The van der Waals surface area contributed by atoms with Crippen molar-refractivity contribution in [1.29, 1.82) is 5.26 Å². The fourth-order valence-electron chi connectivity index (χ4n) is 3.97. The van der Waals surface area contributed by atoms with Crippen LogP contribution in [0.3, 0.4) is 0 Å². The molecular formula is C22H31FIN5OS. The van der Waals surface area contributed by atoms with Crippen LogP contribution in [0.2, 0.25) is 0 Å². The van der Waals surface area contributed by atoms with Crippen LogP contribution in [0.4, 0.5) is 4.39 Å². The molecule has 1 aromatic rings. The van der Waals surface area contributed by atoms with E-state index in [2.05, 4.69) is 15.6 Å². The average Bonchev–Trinajstić information content (AvgIpc) is 2.79. The number of nitrogens with zero attached hydrogens (tertiary/aromatic N) is 3. The van der Waals surface area contributed by atoms with Gasteiger partial charge in [0.25, 0.3) is 0 Å². The number of aliphatic imine (C=N–C) groups is 1. The van der Waals surface area contributed by atoms with Crippen LogP contribution in [0.15, 0.2) is 23.2 Å². The summed E-state index contributed by atoms with van der Waals surface area (Å²) in [7, 11) is 0. The van der Waals surface area contributed by atoms with E-state index >= 15 is 0 Å². The van der Waals surface area contributed by atoms with Gasteiger partial charge in [-0.15, -0.1) is 24.0 Å². The molecule has 170 valence electrons. The second-order valence-electron chi connectivity index (χ2n) is 7.74. The van der Waals surface area contributed by atoms with E-state index in [0.717, 1.165) is 50.3 Å². The topological polar surface area (TPSA) is 80.5 Å². The average molecular weight is 559 g/mol. The minimum Gasteiger partial charge on any atom is -0.357 e. The largest absolute Gasteiger partial charge is 0.357 e. The van der Waals surface area contributed by atoms with Crippen molar-refractivity contribution in [3.8, 4) is 6.07 Å². The van der Waals surface area contributed by atoms with Crippen molar-refractivity contribution >= 4 is 47.6 Å². The van der Waals surface area contributed by atoms with Gasteiger partial charge < -0.3 is 15.5 Å². The monoisotopic (exact) mass is 559 g/mol. The minimum atomic E-state index is -0.358. The Hall–Kier alpha value is -1.54. The number of nitrogens with one attached hydrogen (secondary N) is 2. The normalized spacial score (nSPS) is 21.6. The van der Waals surface area contributed by atoms with Gasteiger partial charge in [-0.1, -0.05) is 0 Å². The summed E-state index contributed by atoms with van der Waals surface area (Å²) in [6.45, 7) is 4.61. The molecule has 0 radical (unpaired) electrons. The van der Waals surface area contributed by atoms with Crippen LogP contribution >= 0.6 is 35.7 Å². The van der Waals surface area contributed by atoms with Crippen molar-refractivity contribution in [2.45, 2.75) is 45.2 Å². The predicted molar refractivity (Wildman–Crippen MR) is 134 cm³/mol. The molecule has 1 saturated heterocycles. The van der Waals surface area contributed by atoms with Crippen molar-refractivity contribution in [2.75, 3.05) is 31.1 Å². The molecule has 1 aliphatic carbocycles. The maximum atomic E-state index is 14.0. The van der Waals surface area contributed by atoms with Gasteiger partial charge in [0.1, 0.15) is 5.82 Å². The lowest BCUT2D eigenvalue weighted by molar-refractivity contribution is -0.136. The molecule has 31 heavy (non-hydrogen) atoms. The maximum absolute atomic E-state index is 14.0. The number of amides is 1. The van der Waals surface area contributed by atoms with Crippen LogP contribution < -0.4 is 10.6 Å². The van der Waals surface area contributed by atoms with E-state index in [9.17, 15) is 9.18 Å². The van der Waals surface area contributed by atoms with E-state index < -0.39 is 0 Å². The molecule has 0 bridgehead atoms. The third-order valence-corrected chi connectivity index (χ3v) is 6.61. The molecule has 2 fully saturated rings. The molecule has 1 aromatic carbocycles. The van der Waals surface area contributed by atoms with Crippen molar-refractivity contribution in [2.24, 2.45) is 10.9 Å². The summed E-state index contributed by atoms with van der Waals surface area (Å²) in [5.74, 6) is 2.83. The Morgan fingerprint density at radius 2 is 2.00 bits per heavy atom. The van der Waals surface area contributed by atoms with Gasteiger partial charge in [0.2, 0.25) is 5.91 Å². The molecule has 2 N–H and O–H groups in total. The highest BCUT2D eigenvalue weighted by atomic mass is 127. The van der Waals surface area contributed by atoms with E-state index in [4.69, 9.17) is 5.26 Å². The van der Waals surface area contributed by atoms with E-state index in [0.29, 0.717) is 29.5 Å². The first-order valence-corrected chi connectivity index (χ1v) is 11.9. The highest BCUT2D eigenvalue weighted by molar-refractivity contribution is 14.0. The van der Waals surface area contributed by atoms with Crippen molar-refractivity contribution < 1.29 is 9.18 Å². The molecule has 1 aliphatic heterocycles. The highest BCUT2D eigenvalue weighted by Gasteiger charge is 2.30. The van der Waals surface area contributed by atoms with Crippen LogP contribution in [-0.2, 0) is 11.3 Å². The van der Waals surface area contributed by atoms with E-state index in [1.54, 1.807) is 0 Å². The Kier molecular flexibility index (Phi) is 10.9. The van der Waals surface area contributed by atoms with Crippen LogP contribution in [0.1, 0.15) is 43.7 Å². The summed E-state index contributed by atoms with van der Waals surface area (Å²) in [6, 6.07) is 6.60. The molecule has 3 rings (SSSR count). The lowest BCUT2D eigenvalue weighted by Crippen LogP contribution is -2.47. The van der Waals surface area contributed by atoms with Gasteiger partial charge in [0.15, 0.2) is 5.96 Å². The Balaban J connectivity index is 0.00000341. The van der Waals surface area contributed by atoms with Gasteiger partial charge in [-0.05, 0) is 50.8 Å². The SMILES string of the molecule is CCNC(=NCc1cc(C#N)ccc1F)NC1CCC(C(=O)N2CCSCC2)CC1.I. The second kappa shape index (κ2) is 13.1. The first-order valence-electron chi connectivity index (χ1n) is 10.7. The summed E-state index contributed by atoms with van der Waals surface area (Å²) in [4.78, 5) is 19.3. The Bertz CT molecular complexity index is 802. The van der Waals surface area contributed by atoms with Crippen molar-refractivity contribution in [1.82, 2.24) is 15.5 Å². The van der Waals surface area contributed by atoms with Gasteiger partial charge in [0, 0.05) is 48.7 Å². The molecule has 6 nitrogen and oxygen atoms in total. The van der Waals surface area contributed by atoms with Gasteiger partial charge in [-0.3, -0.25) is 4.79 Å². The van der Waals surface area contributed by atoms with Crippen LogP contribution in [0.25, 0.3) is 0 Å². The van der Waals surface area contributed by atoms with Crippen molar-refractivity contribution in [3.63, 3.8) is 0 Å². The van der Waals surface area contributed by atoms with Gasteiger partial charge in [-0.2, -0.15) is 17.0 Å². The third-order valence-electron chi connectivity index (χ3n) is 5.67. The molecule has 0 spiro atoms. The molecule has 0 aromatic heterocycles. The first kappa shape index (κ1) is 25.7. The highest BCUT2D eigenvalue weighted by Crippen LogP contribution is 2.27. The lowest BCUT2D eigenvalue weighted by Gasteiger charge is -2.34. The number of thioether (sulfide) groups is 1. The van der Waals surface area contributed by atoms with E-state index in [1.807, 2.05) is 29.7 Å². The number of carbonyl (C=O) groups excluding carboxylic acids is 1. The number of benzene rings is 1. The molecule has 1 amide bonds. The smallest absolute Gasteiger partial charge is 0.225 e. The fraction of sp³-hybridized carbons (Fsp3) is 0.591. The standard InChI is InChI=1S/C22H30FN5OS.HI/c1-2-25-22(26-15-18-13-16(14-24)3-8-20(18)23)27-19-6-4-17(5-7-19)21(29)28-9-11-30-12-10-28;/h3,8,13,17,19H,2,4-7,9-12,15H2,1H3,(H2,25,26,27);1H. The zero-order valence-corrected chi connectivity index (χ0v) is 21.0. The number of nitriles is 1. The summed E-state index contributed by atoms with van der Waals surface area (Å²) in [5, 5.41) is 15.7. The molecule has 0 atom stereocenters. The van der Waals surface area contributed by atoms with E-state index in [-0.39, 0.29) is 48.3 Å². The molecular weight excluding hydrogens is 528 g/mol. The number of halogens is 2. The zero-order chi connectivity index (χ0) is 21.3. The number of carbonyl (C=O) groups is 1. The molecule has 1 heterocycles. The Labute approximate surface area is 205 Å². The molecule has 0 unspecified atom stereocenters. The van der Waals surface area contributed by atoms with Crippen molar-refractivity contribution in [3.05, 3.63) is 35.1 Å². The van der Waals surface area contributed by atoms with Gasteiger partial charge >= 0.3 is 0 Å². The zero-order valence-electron chi connectivity index (χ0n) is 17.9. The lowest BCUT2D eigenvalue weighted by atomic mass is 9.85. The second-order valence-corrected chi connectivity index (χ2v) is 8.97. The summed E-state index contributed by atoms with van der Waals surface area (Å²) in [6.07, 6.45) is 3.61. The molecule has 2 aliphatic rings. The minimum absolute atomic E-state index is 0. The first-order chi connectivity index (χ1) is 14.6.